The van der Waals surface area contributed by atoms with Crippen LogP contribution in [0.15, 0.2) is 78.9 Å². The molecule has 0 saturated carbocycles. The van der Waals surface area contributed by atoms with Crippen LogP contribution >= 0.6 is 0 Å². The van der Waals surface area contributed by atoms with Gasteiger partial charge in [0.1, 0.15) is 0 Å². The predicted molar refractivity (Wildman–Crippen MR) is 140 cm³/mol. The minimum Gasteiger partial charge on any atom is -0.309 e. The van der Waals surface area contributed by atoms with Gasteiger partial charge in [-0.15, -0.1) is 0 Å². The van der Waals surface area contributed by atoms with Crippen LogP contribution in [-0.4, -0.2) is 13.4 Å². The molecule has 0 aliphatic carbocycles. The third kappa shape index (κ3) is 7.55. The zero-order chi connectivity index (χ0) is 22.2. The number of para-hydroxylation sites is 3. The Morgan fingerprint density at radius 2 is 0.793 bits per heavy atom. The van der Waals surface area contributed by atoms with E-state index in [-0.39, 0.29) is 8.80 Å². The Morgan fingerprint density at radius 3 is 1.17 bits per heavy atom. The van der Waals surface area contributed by atoms with Crippen molar-refractivity contribution in [1.29, 1.82) is 0 Å². The largest absolute Gasteiger partial charge is 0.309 e. The van der Waals surface area contributed by atoms with E-state index in [1.807, 2.05) is 41.5 Å². The SMILES string of the molecule is CC.CC.CC.C[SiH](C)C.c1ccc(-n2c3ccccc3c3ccccc32)cc1. The maximum Gasteiger partial charge on any atom is 0.0541 e. The molecule has 2 heteroatoms. The molecule has 0 N–H and O–H groups in total. The van der Waals surface area contributed by atoms with Crippen LogP contribution in [0.4, 0.5) is 0 Å². The molecule has 4 rings (SSSR count). The van der Waals surface area contributed by atoms with Gasteiger partial charge in [0.2, 0.25) is 0 Å². The number of hydrogen-bond donors (Lipinski definition) is 0. The number of hydrogen-bond acceptors (Lipinski definition) is 0. The number of nitrogens with zero attached hydrogens (tertiary/aromatic N) is 1. The van der Waals surface area contributed by atoms with E-state index in [0.29, 0.717) is 0 Å². The molecule has 0 bridgehead atoms. The normalized spacial score (nSPS) is 9.17. The molecule has 0 fully saturated rings. The summed E-state index contributed by atoms with van der Waals surface area (Å²) in [4.78, 5) is 0. The summed E-state index contributed by atoms with van der Waals surface area (Å²) in [6.07, 6.45) is 0. The van der Waals surface area contributed by atoms with Gasteiger partial charge in [-0.2, -0.15) is 0 Å². The van der Waals surface area contributed by atoms with Gasteiger partial charge in [0.25, 0.3) is 0 Å². The van der Waals surface area contributed by atoms with Crippen LogP contribution in [0.5, 0.6) is 0 Å². The Hall–Kier alpha value is -2.32. The second kappa shape index (κ2) is 15.6. The monoisotopic (exact) mass is 407 g/mol. The van der Waals surface area contributed by atoms with Crippen LogP contribution in [0.2, 0.25) is 19.6 Å². The fourth-order valence-electron chi connectivity index (χ4n) is 2.78. The average molecular weight is 408 g/mol. The molecule has 0 spiro atoms. The van der Waals surface area contributed by atoms with Gasteiger partial charge >= 0.3 is 0 Å². The van der Waals surface area contributed by atoms with Crippen LogP contribution in [0.3, 0.4) is 0 Å². The third-order valence-corrected chi connectivity index (χ3v) is 3.59. The fraction of sp³-hybridized carbons (Fsp3) is 0.333. The maximum absolute atomic E-state index is 2.32. The van der Waals surface area contributed by atoms with Gasteiger partial charge in [-0.1, -0.05) is 116 Å². The van der Waals surface area contributed by atoms with E-state index < -0.39 is 0 Å². The van der Waals surface area contributed by atoms with E-state index in [4.69, 9.17) is 0 Å². The highest BCUT2D eigenvalue weighted by Gasteiger charge is 2.10. The van der Waals surface area contributed by atoms with Crippen LogP contribution in [-0.2, 0) is 0 Å². The highest BCUT2D eigenvalue weighted by atomic mass is 28.3. The molecule has 29 heavy (non-hydrogen) atoms. The molecule has 0 unspecified atom stereocenters. The molecule has 0 atom stereocenters. The van der Waals surface area contributed by atoms with Gasteiger partial charge in [0.15, 0.2) is 0 Å². The first-order valence-corrected chi connectivity index (χ1v) is 14.7. The summed E-state index contributed by atoms with van der Waals surface area (Å²) >= 11 is 0. The molecule has 4 aromatic rings. The van der Waals surface area contributed by atoms with E-state index >= 15 is 0 Å². The van der Waals surface area contributed by atoms with Crippen molar-refractivity contribution in [3.05, 3.63) is 78.9 Å². The van der Waals surface area contributed by atoms with Gasteiger partial charge in [0, 0.05) is 25.3 Å². The summed E-state index contributed by atoms with van der Waals surface area (Å²) in [5.74, 6) is 0. The first kappa shape index (κ1) is 26.7. The van der Waals surface area contributed by atoms with Crippen molar-refractivity contribution in [2.24, 2.45) is 0 Å². The Morgan fingerprint density at radius 1 is 0.483 bits per heavy atom. The Kier molecular flexibility index (Phi) is 14.3. The lowest BCUT2D eigenvalue weighted by Crippen LogP contribution is -1.92. The maximum atomic E-state index is 2.32. The first-order chi connectivity index (χ1) is 14.2. The van der Waals surface area contributed by atoms with E-state index in [1.54, 1.807) is 0 Å². The molecule has 1 aromatic heterocycles. The van der Waals surface area contributed by atoms with Crippen molar-refractivity contribution in [2.75, 3.05) is 0 Å². The topological polar surface area (TPSA) is 4.93 Å². The van der Waals surface area contributed by atoms with Crippen LogP contribution in [0.1, 0.15) is 41.5 Å². The highest BCUT2D eigenvalue weighted by molar-refractivity contribution is 6.54. The van der Waals surface area contributed by atoms with E-state index in [1.165, 1.54) is 27.5 Å². The Balaban J connectivity index is 0.000000681. The molecular formula is C27H41NSi. The number of benzene rings is 3. The minimum absolute atomic E-state index is 0.139. The third-order valence-electron chi connectivity index (χ3n) is 3.59. The second-order valence-corrected chi connectivity index (χ2v) is 9.90. The fourth-order valence-corrected chi connectivity index (χ4v) is 2.78. The van der Waals surface area contributed by atoms with Gasteiger partial charge < -0.3 is 4.57 Å². The lowest BCUT2D eigenvalue weighted by molar-refractivity contribution is 1.18. The standard InChI is InChI=1S/C18H13N.C3H10Si.3C2H6/c1-2-8-14(9-3-1)19-17-12-6-4-10-15(17)16-11-5-7-13-18(16)19;1-4(2)3;3*1-2/h1-13H;4H,1-3H3;3*1-2H3. The lowest BCUT2D eigenvalue weighted by atomic mass is 10.2. The van der Waals surface area contributed by atoms with Crippen LogP contribution in [0.25, 0.3) is 27.5 Å². The van der Waals surface area contributed by atoms with Crippen LogP contribution < -0.4 is 0 Å². The van der Waals surface area contributed by atoms with Crippen molar-refractivity contribution in [3.63, 3.8) is 0 Å². The molecule has 3 aromatic carbocycles. The van der Waals surface area contributed by atoms with Gasteiger partial charge in [-0.3, -0.25) is 0 Å². The van der Waals surface area contributed by atoms with Crippen molar-refractivity contribution >= 4 is 30.6 Å². The van der Waals surface area contributed by atoms with E-state index in [2.05, 4.69) is 103 Å². The van der Waals surface area contributed by atoms with Crippen molar-refractivity contribution in [2.45, 2.75) is 61.2 Å². The molecule has 0 aliphatic heterocycles. The molecule has 158 valence electrons. The smallest absolute Gasteiger partial charge is 0.0541 e. The number of rotatable bonds is 1. The summed E-state index contributed by atoms with van der Waals surface area (Å²) < 4.78 is 2.32. The average Bonchev–Trinajstić information content (AvgIpc) is 3.13. The van der Waals surface area contributed by atoms with Gasteiger partial charge in [-0.05, 0) is 24.3 Å². The summed E-state index contributed by atoms with van der Waals surface area (Å²) in [5.41, 5.74) is 3.73. The Labute approximate surface area is 181 Å². The highest BCUT2D eigenvalue weighted by Crippen LogP contribution is 2.31. The molecule has 0 saturated heterocycles. The quantitative estimate of drug-likeness (QED) is 0.277. The predicted octanol–water partition coefficient (Wildman–Crippen LogP) is 8.97. The van der Waals surface area contributed by atoms with Gasteiger partial charge in [0.05, 0.1) is 11.0 Å². The number of aromatic nitrogens is 1. The molecular weight excluding hydrogens is 366 g/mol. The summed E-state index contributed by atoms with van der Waals surface area (Å²) in [7, 11) is -0.139. The molecule has 0 amide bonds. The summed E-state index contributed by atoms with van der Waals surface area (Å²) in [6.45, 7) is 18.9. The molecule has 1 nitrogen and oxygen atoms in total. The van der Waals surface area contributed by atoms with Crippen LogP contribution in [0, 0.1) is 0 Å². The van der Waals surface area contributed by atoms with Gasteiger partial charge in [-0.25, -0.2) is 0 Å². The number of fused-ring (bicyclic) bond motifs is 3. The second-order valence-electron chi connectivity index (χ2n) is 6.44. The Bertz CT molecular complexity index is 852. The zero-order valence-corrected chi connectivity index (χ0v) is 21.2. The van der Waals surface area contributed by atoms with Crippen molar-refractivity contribution in [1.82, 2.24) is 4.57 Å². The minimum atomic E-state index is -0.139. The lowest BCUT2D eigenvalue weighted by Gasteiger charge is -2.06. The van der Waals surface area contributed by atoms with E-state index in [0.717, 1.165) is 0 Å². The van der Waals surface area contributed by atoms with Crippen molar-refractivity contribution in [3.8, 4) is 5.69 Å². The molecule has 0 aliphatic rings. The zero-order valence-electron chi connectivity index (χ0n) is 20.0. The molecule has 0 radical (unpaired) electrons. The van der Waals surface area contributed by atoms with E-state index in [9.17, 15) is 0 Å². The van der Waals surface area contributed by atoms with Crippen molar-refractivity contribution < 1.29 is 0 Å². The first-order valence-electron chi connectivity index (χ1n) is 11.2. The molecule has 1 heterocycles. The summed E-state index contributed by atoms with van der Waals surface area (Å²) in [5, 5.41) is 2.61. The summed E-state index contributed by atoms with van der Waals surface area (Å²) in [6, 6.07) is 27.7.